The number of aryl methyl sites for hydroxylation is 1. The lowest BCUT2D eigenvalue weighted by Crippen LogP contribution is -2.31. The molecule has 1 aromatic heterocycles. The lowest BCUT2D eigenvalue weighted by Gasteiger charge is -2.20. The van der Waals surface area contributed by atoms with Crippen molar-refractivity contribution >= 4 is 21.9 Å². The first-order valence-corrected chi connectivity index (χ1v) is 11.6. The van der Waals surface area contributed by atoms with Crippen LogP contribution in [0.15, 0.2) is 57.8 Å². The van der Waals surface area contributed by atoms with Gasteiger partial charge in [0.2, 0.25) is 15.9 Å². The number of nitrogens with zero attached hydrogens (tertiary/aromatic N) is 3. The average molecular weight is 443 g/mol. The maximum absolute atomic E-state index is 12.8. The van der Waals surface area contributed by atoms with Gasteiger partial charge in [-0.15, -0.1) is 5.10 Å². The molecule has 0 unspecified atom stereocenters. The topological polar surface area (TPSA) is 105 Å². The summed E-state index contributed by atoms with van der Waals surface area (Å²) in [6.45, 7) is 6.67. The van der Waals surface area contributed by atoms with Crippen molar-refractivity contribution in [1.29, 1.82) is 0 Å². The largest absolute Gasteiger partial charge is 0.403 e. The van der Waals surface area contributed by atoms with E-state index in [1.807, 2.05) is 45.0 Å². The van der Waals surface area contributed by atoms with Gasteiger partial charge in [-0.3, -0.25) is 10.1 Å². The normalized spacial score (nSPS) is 11.6. The smallest absolute Gasteiger partial charge is 0.322 e. The van der Waals surface area contributed by atoms with Gasteiger partial charge in [0.05, 0.1) is 4.90 Å². The Morgan fingerprint density at radius 2 is 1.71 bits per heavy atom. The minimum atomic E-state index is -3.59. The van der Waals surface area contributed by atoms with Crippen LogP contribution in [0.3, 0.4) is 0 Å². The summed E-state index contributed by atoms with van der Waals surface area (Å²) in [5.41, 5.74) is 2.14. The van der Waals surface area contributed by atoms with E-state index >= 15 is 0 Å². The fourth-order valence-electron chi connectivity index (χ4n) is 2.97. The molecule has 31 heavy (non-hydrogen) atoms. The molecular weight excluding hydrogens is 416 g/mol. The number of sulfonamides is 1. The second-order valence-corrected chi connectivity index (χ2v) is 9.05. The molecule has 0 bridgehead atoms. The van der Waals surface area contributed by atoms with Crippen LogP contribution in [0.5, 0.6) is 0 Å². The van der Waals surface area contributed by atoms with Crippen molar-refractivity contribution in [2.45, 2.75) is 38.5 Å². The Balaban J connectivity index is 1.70. The van der Waals surface area contributed by atoms with Gasteiger partial charge in [0, 0.05) is 24.2 Å². The highest BCUT2D eigenvalue weighted by Gasteiger charge is 2.23. The molecule has 0 spiro atoms. The van der Waals surface area contributed by atoms with Crippen molar-refractivity contribution in [2.24, 2.45) is 0 Å². The summed E-state index contributed by atoms with van der Waals surface area (Å²) in [6, 6.07) is 13.3. The lowest BCUT2D eigenvalue weighted by molar-refractivity contribution is 0.102. The molecule has 8 nitrogen and oxygen atoms in total. The van der Waals surface area contributed by atoms with Crippen molar-refractivity contribution in [3.05, 3.63) is 59.7 Å². The second-order valence-electron chi connectivity index (χ2n) is 7.11. The van der Waals surface area contributed by atoms with Crippen LogP contribution in [0, 0.1) is 6.92 Å². The number of unbranched alkanes of at least 4 members (excludes halogenated alkanes) is 1. The number of aromatic nitrogens is 2. The molecule has 9 heteroatoms. The average Bonchev–Trinajstić information content (AvgIpc) is 3.23. The highest BCUT2D eigenvalue weighted by molar-refractivity contribution is 7.89. The Morgan fingerprint density at radius 3 is 2.32 bits per heavy atom. The van der Waals surface area contributed by atoms with Crippen molar-refractivity contribution in [3.63, 3.8) is 0 Å². The fraction of sp³-hybridized carbons (Fsp3) is 0.318. The zero-order chi connectivity index (χ0) is 22.4. The molecule has 0 aliphatic heterocycles. The van der Waals surface area contributed by atoms with E-state index in [1.54, 1.807) is 0 Å². The van der Waals surface area contributed by atoms with Gasteiger partial charge >= 0.3 is 6.01 Å². The van der Waals surface area contributed by atoms with Crippen LogP contribution in [0.4, 0.5) is 6.01 Å². The predicted octanol–water partition coefficient (Wildman–Crippen LogP) is 4.11. The number of hydrogen-bond donors (Lipinski definition) is 1. The molecule has 1 N–H and O–H groups in total. The van der Waals surface area contributed by atoms with Crippen LogP contribution in [0.25, 0.3) is 11.5 Å². The van der Waals surface area contributed by atoms with Gasteiger partial charge in [0.1, 0.15) is 0 Å². The third-order valence-corrected chi connectivity index (χ3v) is 6.80. The number of benzene rings is 2. The summed E-state index contributed by atoms with van der Waals surface area (Å²) < 4.78 is 32.5. The molecule has 0 saturated carbocycles. The van der Waals surface area contributed by atoms with Gasteiger partial charge in [-0.1, -0.05) is 43.1 Å². The lowest BCUT2D eigenvalue weighted by atomic mass is 10.1. The summed E-state index contributed by atoms with van der Waals surface area (Å²) in [7, 11) is -3.59. The Kier molecular flexibility index (Phi) is 7.19. The standard InChI is InChI=1S/C22H26N4O4S/c1-4-6-15-26(5-2)31(28,29)19-13-11-17(12-14-19)20(27)23-22-25-24-21(30-22)18-9-7-16(3)8-10-18/h7-14H,4-6,15H2,1-3H3,(H,23,25,27). The molecule has 1 heterocycles. The van der Waals surface area contributed by atoms with Crippen molar-refractivity contribution < 1.29 is 17.6 Å². The summed E-state index contributed by atoms with van der Waals surface area (Å²) in [5, 5.41) is 10.3. The number of nitrogens with one attached hydrogen (secondary N) is 1. The van der Waals surface area contributed by atoms with Crippen LogP contribution in [-0.4, -0.2) is 41.9 Å². The van der Waals surface area contributed by atoms with Crippen molar-refractivity contribution in [1.82, 2.24) is 14.5 Å². The quantitative estimate of drug-likeness (QED) is 0.535. The monoisotopic (exact) mass is 442 g/mol. The SMILES string of the molecule is CCCCN(CC)S(=O)(=O)c1ccc(C(=O)Nc2nnc(-c3ccc(C)cc3)o2)cc1. The van der Waals surface area contributed by atoms with Gasteiger partial charge in [-0.2, -0.15) is 4.31 Å². The molecule has 1 amide bonds. The van der Waals surface area contributed by atoms with Crippen molar-refractivity contribution in [2.75, 3.05) is 18.4 Å². The molecule has 0 radical (unpaired) electrons. The van der Waals surface area contributed by atoms with E-state index in [2.05, 4.69) is 15.5 Å². The zero-order valence-electron chi connectivity index (χ0n) is 17.8. The van der Waals surface area contributed by atoms with Crippen LogP contribution >= 0.6 is 0 Å². The van der Waals surface area contributed by atoms with E-state index in [4.69, 9.17) is 4.42 Å². The minimum Gasteiger partial charge on any atom is -0.403 e. The van der Waals surface area contributed by atoms with Gasteiger partial charge in [-0.05, 0) is 49.7 Å². The molecule has 2 aromatic carbocycles. The molecule has 0 saturated heterocycles. The maximum Gasteiger partial charge on any atom is 0.322 e. The Morgan fingerprint density at radius 1 is 1.03 bits per heavy atom. The third kappa shape index (κ3) is 5.36. The molecule has 164 valence electrons. The molecule has 0 aliphatic carbocycles. The number of hydrogen-bond acceptors (Lipinski definition) is 6. The van der Waals surface area contributed by atoms with Gasteiger partial charge in [-0.25, -0.2) is 8.42 Å². The molecule has 0 atom stereocenters. The van der Waals surface area contributed by atoms with Crippen LogP contribution in [-0.2, 0) is 10.0 Å². The van der Waals surface area contributed by atoms with Crippen LogP contribution in [0.2, 0.25) is 0 Å². The van der Waals surface area contributed by atoms with Crippen molar-refractivity contribution in [3.8, 4) is 11.5 Å². The van der Waals surface area contributed by atoms with E-state index in [0.717, 1.165) is 24.0 Å². The number of rotatable bonds is 9. The molecule has 0 fully saturated rings. The highest BCUT2D eigenvalue weighted by atomic mass is 32.2. The van der Waals surface area contributed by atoms with Gasteiger partial charge in [0.15, 0.2) is 0 Å². The summed E-state index contributed by atoms with van der Waals surface area (Å²) in [5.74, 6) is -0.176. The molecular formula is C22H26N4O4S. The van der Waals surface area contributed by atoms with E-state index in [9.17, 15) is 13.2 Å². The zero-order valence-corrected chi connectivity index (χ0v) is 18.6. The van der Waals surface area contributed by atoms with Crippen LogP contribution in [0.1, 0.15) is 42.6 Å². The minimum absolute atomic E-state index is 0.0333. The molecule has 0 aliphatic rings. The number of carbonyl (C=O) groups is 1. The van der Waals surface area contributed by atoms with Gasteiger partial charge < -0.3 is 4.42 Å². The number of carbonyl (C=O) groups excluding carboxylic acids is 1. The first kappa shape index (κ1) is 22.6. The first-order chi connectivity index (χ1) is 14.8. The Bertz CT molecular complexity index is 1120. The predicted molar refractivity (Wildman–Crippen MR) is 118 cm³/mol. The summed E-state index contributed by atoms with van der Waals surface area (Å²) >= 11 is 0. The highest BCUT2D eigenvalue weighted by Crippen LogP contribution is 2.21. The maximum atomic E-state index is 12.8. The van der Waals surface area contributed by atoms with E-state index < -0.39 is 15.9 Å². The molecule has 3 rings (SSSR count). The van der Waals surface area contributed by atoms with Gasteiger partial charge in [0.25, 0.3) is 5.91 Å². The third-order valence-electron chi connectivity index (χ3n) is 4.81. The Hall–Kier alpha value is -3.04. The Labute approximate surface area is 182 Å². The van der Waals surface area contributed by atoms with E-state index in [-0.39, 0.29) is 16.5 Å². The van der Waals surface area contributed by atoms with E-state index in [0.29, 0.717) is 19.0 Å². The number of anilines is 1. The fourth-order valence-corrected chi connectivity index (χ4v) is 4.45. The molecule has 3 aromatic rings. The first-order valence-electron chi connectivity index (χ1n) is 10.2. The van der Waals surface area contributed by atoms with Crippen LogP contribution < -0.4 is 5.32 Å². The summed E-state index contributed by atoms with van der Waals surface area (Å²) in [4.78, 5) is 12.7. The second kappa shape index (κ2) is 9.84. The summed E-state index contributed by atoms with van der Waals surface area (Å²) in [6.07, 6.45) is 1.70. The van der Waals surface area contributed by atoms with E-state index in [1.165, 1.54) is 28.6 Å². The number of amides is 1.